The first-order valence-corrected chi connectivity index (χ1v) is 6.52. The number of rotatable bonds is 3. The number of ether oxygens (including phenoxy) is 1. The van der Waals surface area contributed by atoms with E-state index in [2.05, 4.69) is 22.6 Å². The molecule has 3 nitrogen and oxygen atoms in total. The first kappa shape index (κ1) is 14.6. The molecule has 0 bridgehead atoms. The molecule has 1 atom stereocenters. The van der Waals surface area contributed by atoms with Crippen LogP contribution in [0.3, 0.4) is 0 Å². The van der Waals surface area contributed by atoms with Gasteiger partial charge in [0.1, 0.15) is 5.75 Å². The normalized spacial score (nSPS) is 13.2. The van der Waals surface area contributed by atoms with E-state index in [1.165, 1.54) is 0 Å². The molecule has 0 saturated carbocycles. The molecule has 0 amide bonds. The van der Waals surface area contributed by atoms with Gasteiger partial charge < -0.3 is 9.84 Å². The van der Waals surface area contributed by atoms with Gasteiger partial charge in [0.25, 0.3) is 0 Å². The van der Waals surface area contributed by atoms with E-state index in [0.29, 0.717) is 10.8 Å². The molecule has 0 aliphatic carbocycles. The van der Waals surface area contributed by atoms with Crippen molar-refractivity contribution in [1.29, 1.82) is 0 Å². The second-order valence-electron chi connectivity index (χ2n) is 4.78. The van der Waals surface area contributed by atoms with Crippen molar-refractivity contribution in [3.05, 3.63) is 26.8 Å². The Morgan fingerprint density at radius 2 is 2.06 bits per heavy atom. The third-order valence-electron chi connectivity index (χ3n) is 2.15. The molecule has 0 aliphatic heterocycles. The van der Waals surface area contributed by atoms with E-state index in [0.717, 1.165) is 3.57 Å². The lowest BCUT2D eigenvalue weighted by atomic mass is 9.89. The summed E-state index contributed by atoms with van der Waals surface area (Å²) in [5.74, 6) is -0.430. The summed E-state index contributed by atoms with van der Waals surface area (Å²) < 4.78 is 6.36. The molecule has 5 heteroatoms. The number of hydrogen-bond acceptors (Lipinski definition) is 2. The van der Waals surface area contributed by atoms with Crippen LogP contribution in [-0.2, 0) is 4.79 Å². The molecular formula is C12H14ClIO3. The van der Waals surface area contributed by atoms with Gasteiger partial charge in [-0.05, 0) is 40.8 Å². The molecule has 0 aromatic heterocycles. The highest BCUT2D eigenvalue weighted by Crippen LogP contribution is 2.29. The Labute approximate surface area is 119 Å². The van der Waals surface area contributed by atoms with Gasteiger partial charge in [-0.2, -0.15) is 0 Å². The lowest BCUT2D eigenvalue weighted by Gasteiger charge is -2.27. The molecule has 17 heavy (non-hydrogen) atoms. The standard InChI is InChI=1S/C12H14ClIO3/c1-12(2,3)10(11(15)16)17-9-5-4-7(13)6-8(9)14/h4-6,10H,1-3H3,(H,15,16). The van der Waals surface area contributed by atoms with E-state index in [4.69, 9.17) is 21.4 Å². The van der Waals surface area contributed by atoms with Crippen LogP contribution in [0.4, 0.5) is 0 Å². The van der Waals surface area contributed by atoms with Crippen molar-refractivity contribution < 1.29 is 14.6 Å². The van der Waals surface area contributed by atoms with E-state index in [1.54, 1.807) is 18.2 Å². The van der Waals surface area contributed by atoms with Gasteiger partial charge in [-0.1, -0.05) is 32.4 Å². The number of carbonyl (C=O) groups is 1. The molecule has 0 spiro atoms. The summed E-state index contributed by atoms with van der Waals surface area (Å²) in [7, 11) is 0. The van der Waals surface area contributed by atoms with Gasteiger partial charge in [0, 0.05) is 10.4 Å². The van der Waals surface area contributed by atoms with Gasteiger partial charge >= 0.3 is 5.97 Å². The van der Waals surface area contributed by atoms with Crippen molar-refractivity contribution in [3.8, 4) is 5.75 Å². The molecule has 0 radical (unpaired) electrons. The van der Waals surface area contributed by atoms with E-state index < -0.39 is 17.5 Å². The average molecular weight is 369 g/mol. The van der Waals surface area contributed by atoms with Crippen LogP contribution in [0.1, 0.15) is 20.8 Å². The van der Waals surface area contributed by atoms with Crippen LogP contribution in [0.5, 0.6) is 5.75 Å². The number of hydrogen-bond donors (Lipinski definition) is 1. The zero-order valence-corrected chi connectivity index (χ0v) is 12.7. The van der Waals surface area contributed by atoms with E-state index in [-0.39, 0.29) is 0 Å². The summed E-state index contributed by atoms with van der Waals surface area (Å²) in [5.41, 5.74) is -0.478. The smallest absolute Gasteiger partial charge is 0.345 e. The zero-order valence-electron chi connectivity index (χ0n) is 9.83. The number of halogens is 2. The quantitative estimate of drug-likeness (QED) is 0.825. The fourth-order valence-corrected chi connectivity index (χ4v) is 2.29. The van der Waals surface area contributed by atoms with Gasteiger partial charge in [0.05, 0.1) is 3.57 Å². The maximum Gasteiger partial charge on any atom is 0.345 e. The van der Waals surface area contributed by atoms with Crippen LogP contribution in [0.15, 0.2) is 18.2 Å². The minimum absolute atomic E-state index is 0.478. The summed E-state index contributed by atoms with van der Waals surface area (Å²) >= 11 is 7.90. The van der Waals surface area contributed by atoms with Crippen LogP contribution >= 0.6 is 34.2 Å². The molecule has 1 unspecified atom stereocenters. The molecule has 0 fully saturated rings. The van der Waals surface area contributed by atoms with Crippen molar-refractivity contribution in [1.82, 2.24) is 0 Å². The third kappa shape index (κ3) is 4.03. The highest BCUT2D eigenvalue weighted by Gasteiger charge is 2.33. The summed E-state index contributed by atoms with van der Waals surface area (Å²) in [5, 5.41) is 9.76. The van der Waals surface area contributed by atoms with Crippen molar-refractivity contribution in [2.75, 3.05) is 0 Å². The summed E-state index contributed by atoms with van der Waals surface area (Å²) in [6, 6.07) is 5.10. The molecule has 1 rings (SSSR count). The Bertz CT molecular complexity index is 426. The largest absolute Gasteiger partial charge is 0.478 e. The zero-order chi connectivity index (χ0) is 13.2. The summed E-state index contributed by atoms with van der Waals surface area (Å²) in [4.78, 5) is 11.2. The first-order valence-electron chi connectivity index (χ1n) is 5.06. The first-order chi connectivity index (χ1) is 7.71. The van der Waals surface area contributed by atoms with Gasteiger partial charge in [-0.15, -0.1) is 0 Å². The van der Waals surface area contributed by atoms with Crippen LogP contribution in [0.25, 0.3) is 0 Å². The molecule has 0 aliphatic rings. The minimum atomic E-state index is -0.969. The Hall–Kier alpha value is -0.490. The predicted octanol–water partition coefficient (Wildman–Crippen LogP) is 3.82. The van der Waals surface area contributed by atoms with Crippen LogP contribution in [0, 0.1) is 8.99 Å². The lowest BCUT2D eigenvalue weighted by molar-refractivity contribution is -0.150. The highest BCUT2D eigenvalue weighted by atomic mass is 127. The Morgan fingerprint density at radius 1 is 1.47 bits per heavy atom. The maximum absolute atomic E-state index is 11.2. The fourth-order valence-electron chi connectivity index (χ4n) is 1.30. The van der Waals surface area contributed by atoms with Crippen molar-refractivity contribution in [2.45, 2.75) is 26.9 Å². The number of carboxylic acid groups (broad SMARTS) is 1. The lowest BCUT2D eigenvalue weighted by Crippen LogP contribution is -2.39. The number of carboxylic acids is 1. The SMILES string of the molecule is CC(C)(C)C(Oc1ccc(Cl)cc1I)C(=O)O. The third-order valence-corrected chi connectivity index (χ3v) is 3.23. The second-order valence-corrected chi connectivity index (χ2v) is 6.38. The van der Waals surface area contributed by atoms with Gasteiger partial charge in [0.15, 0.2) is 6.10 Å². The van der Waals surface area contributed by atoms with Gasteiger partial charge in [-0.3, -0.25) is 0 Å². The fraction of sp³-hybridized carbons (Fsp3) is 0.417. The second kappa shape index (κ2) is 5.44. The molecule has 1 aromatic carbocycles. The van der Waals surface area contributed by atoms with Crippen molar-refractivity contribution in [3.63, 3.8) is 0 Å². The molecule has 1 aromatic rings. The van der Waals surface area contributed by atoms with Crippen LogP contribution in [0.2, 0.25) is 5.02 Å². The van der Waals surface area contributed by atoms with Gasteiger partial charge in [-0.25, -0.2) is 4.79 Å². The van der Waals surface area contributed by atoms with E-state index >= 15 is 0 Å². The minimum Gasteiger partial charge on any atom is -0.478 e. The van der Waals surface area contributed by atoms with Crippen molar-refractivity contribution >= 4 is 40.2 Å². The topological polar surface area (TPSA) is 46.5 Å². The van der Waals surface area contributed by atoms with Crippen LogP contribution < -0.4 is 4.74 Å². The van der Waals surface area contributed by atoms with E-state index in [9.17, 15) is 4.79 Å². The molecule has 0 heterocycles. The Kier molecular flexibility index (Phi) is 4.66. The van der Waals surface area contributed by atoms with Gasteiger partial charge in [0.2, 0.25) is 0 Å². The summed E-state index contributed by atoms with van der Waals surface area (Å²) in [6.45, 7) is 5.48. The number of aliphatic carboxylic acids is 1. The maximum atomic E-state index is 11.2. The monoisotopic (exact) mass is 368 g/mol. The predicted molar refractivity (Wildman–Crippen MR) is 75.7 cm³/mol. The number of benzene rings is 1. The summed E-state index contributed by atoms with van der Waals surface area (Å²) in [6.07, 6.45) is -0.891. The van der Waals surface area contributed by atoms with Crippen LogP contribution in [-0.4, -0.2) is 17.2 Å². The highest BCUT2D eigenvalue weighted by molar-refractivity contribution is 14.1. The van der Waals surface area contributed by atoms with E-state index in [1.807, 2.05) is 20.8 Å². The molecule has 1 N–H and O–H groups in total. The molecular weight excluding hydrogens is 354 g/mol. The van der Waals surface area contributed by atoms with Crippen molar-refractivity contribution in [2.24, 2.45) is 5.41 Å². The Balaban J connectivity index is 2.98. The Morgan fingerprint density at radius 3 is 2.47 bits per heavy atom. The molecule has 0 saturated heterocycles. The molecule has 94 valence electrons. The average Bonchev–Trinajstić information content (AvgIpc) is 2.13.